The summed E-state index contributed by atoms with van der Waals surface area (Å²) < 4.78 is 13.5. The maximum atomic E-state index is 13.5. The van der Waals surface area contributed by atoms with Crippen molar-refractivity contribution >= 4 is 23.4 Å². The first-order valence-electron chi connectivity index (χ1n) is 4.55. The largest absolute Gasteiger partial charge is 0.314 e. The predicted molar refractivity (Wildman–Crippen MR) is 59.5 cm³/mol. The second kappa shape index (κ2) is 4.51. The van der Waals surface area contributed by atoms with Crippen LogP contribution in [0.2, 0.25) is 5.02 Å². The Hall–Kier alpha value is -0.250. The van der Waals surface area contributed by atoms with E-state index in [1.165, 1.54) is 6.07 Å². The highest BCUT2D eigenvalue weighted by molar-refractivity contribution is 7.99. The second-order valence-electron chi connectivity index (χ2n) is 3.20. The van der Waals surface area contributed by atoms with Gasteiger partial charge in [-0.2, -0.15) is 11.8 Å². The molecule has 4 heteroatoms. The van der Waals surface area contributed by atoms with Crippen LogP contribution < -0.4 is 5.32 Å². The summed E-state index contributed by atoms with van der Waals surface area (Å²) >= 11 is 7.74. The molecule has 1 fully saturated rings. The zero-order valence-corrected chi connectivity index (χ0v) is 9.17. The summed E-state index contributed by atoms with van der Waals surface area (Å²) in [5.74, 6) is 0.814. The van der Waals surface area contributed by atoms with Crippen molar-refractivity contribution < 1.29 is 4.39 Å². The van der Waals surface area contributed by atoms with E-state index in [1.807, 2.05) is 0 Å². The molecule has 0 aromatic heterocycles. The Balaban J connectivity index is 2.29. The van der Waals surface area contributed by atoms with E-state index < -0.39 is 0 Å². The quantitative estimate of drug-likeness (QED) is 0.798. The zero-order valence-electron chi connectivity index (χ0n) is 7.59. The molecule has 1 N–H and O–H groups in total. The van der Waals surface area contributed by atoms with Gasteiger partial charge in [0, 0.05) is 34.7 Å². The molecule has 1 heterocycles. The van der Waals surface area contributed by atoms with E-state index in [0.29, 0.717) is 10.6 Å². The molecule has 1 aromatic carbocycles. The van der Waals surface area contributed by atoms with E-state index >= 15 is 0 Å². The van der Waals surface area contributed by atoms with Gasteiger partial charge in [-0.05, 0) is 12.1 Å². The summed E-state index contributed by atoms with van der Waals surface area (Å²) in [5.41, 5.74) is 0.645. The van der Waals surface area contributed by atoms with Crippen molar-refractivity contribution in [2.45, 2.75) is 5.25 Å². The van der Waals surface area contributed by atoms with Crippen LogP contribution in [0.1, 0.15) is 10.8 Å². The van der Waals surface area contributed by atoms with Crippen molar-refractivity contribution in [3.8, 4) is 0 Å². The maximum Gasteiger partial charge on any atom is 0.129 e. The monoisotopic (exact) mass is 231 g/mol. The molecule has 0 radical (unpaired) electrons. The van der Waals surface area contributed by atoms with E-state index in [-0.39, 0.29) is 11.1 Å². The van der Waals surface area contributed by atoms with Gasteiger partial charge in [0.15, 0.2) is 0 Å². The third-order valence-corrected chi connectivity index (χ3v) is 3.82. The highest BCUT2D eigenvalue weighted by Gasteiger charge is 2.21. The minimum absolute atomic E-state index is 0.150. The molecule has 14 heavy (non-hydrogen) atoms. The lowest BCUT2D eigenvalue weighted by atomic mass is 10.1. The molecule has 1 atom stereocenters. The number of rotatable bonds is 1. The molecular formula is C10H11ClFNS. The van der Waals surface area contributed by atoms with Gasteiger partial charge < -0.3 is 5.32 Å². The molecule has 1 saturated heterocycles. The van der Waals surface area contributed by atoms with E-state index in [0.717, 1.165) is 18.8 Å². The fourth-order valence-corrected chi connectivity index (χ4v) is 3.12. The number of hydrogen-bond acceptors (Lipinski definition) is 2. The van der Waals surface area contributed by atoms with E-state index in [9.17, 15) is 4.39 Å². The highest BCUT2D eigenvalue weighted by Crippen LogP contribution is 2.36. The third-order valence-electron chi connectivity index (χ3n) is 2.25. The summed E-state index contributed by atoms with van der Waals surface area (Å²) in [6.07, 6.45) is 0. The molecule has 0 bridgehead atoms. The lowest BCUT2D eigenvalue weighted by Gasteiger charge is -2.23. The third kappa shape index (κ3) is 2.05. The lowest BCUT2D eigenvalue weighted by Crippen LogP contribution is -2.28. The van der Waals surface area contributed by atoms with E-state index in [1.54, 1.807) is 23.9 Å². The summed E-state index contributed by atoms with van der Waals surface area (Å²) in [6, 6.07) is 4.85. The van der Waals surface area contributed by atoms with Crippen LogP contribution in [-0.4, -0.2) is 18.8 Å². The fraction of sp³-hybridized carbons (Fsp3) is 0.400. The van der Waals surface area contributed by atoms with Crippen molar-refractivity contribution in [1.29, 1.82) is 0 Å². The van der Waals surface area contributed by atoms with Crippen molar-refractivity contribution in [3.05, 3.63) is 34.6 Å². The van der Waals surface area contributed by atoms with Gasteiger partial charge in [-0.15, -0.1) is 0 Å². The van der Waals surface area contributed by atoms with E-state index in [2.05, 4.69) is 5.32 Å². The van der Waals surface area contributed by atoms with Crippen LogP contribution in [0.5, 0.6) is 0 Å². The van der Waals surface area contributed by atoms with Gasteiger partial charge in [0.05, 0.1) is 0 Å². The van der Waals surface area contributed by atoms with Crippen LogP contribution >= 0.6 is 23.4 Å². The van der Waals surface area contributed by atoms with Gasteiger partial charge in [0.1, 0.15) is 5.82 Å². The zero-order chi connectivity index (χ0) is 9.97. The van der Waals surface area contributed by atoms with Gasteiger partial charge in [-0.25, -0.2) is 4.39 Å². The SMILES string of the molecule is Fc1cccc(Cl)c1C1CNCCS1. The molecule has 1 aliphatic rings. The Morgan fingerprint density at radius 2 is 2.36 bits per heavy atom. The number of benzene rings is 1. The Labute approximate surface area is 92.0 Å². The van der Waals surface area contributed by atoms with Gasteiger partial charge >= 0.3 is 0 Å². The normalized spacial score (nSPS) is 22.3. The lowest BCUT2D eigenvalue weighted by molar-refractivity contribution is 0.594. The molecule has 1 aliphatic heterocycles. The summed E-state index contributed by atoms with van der Waals surface area (Å²) in [5, 5.41) is 3.93. The summed E-state index contributed by atoms with van der Waals surface area (Å²) in [6.45, 7) is 1.79. The average Bonchev–Trinajstić information content (AvgIpc) is 2.19. The maximum absolute atomic E-state index is 13.5. The summed E-state index contributed by atoms with van der Waals surface area (Å²) in [7, 11) is 0. The number of halogens is 2. The van der Waals surface area contributed by atoms with E-state index in [4.69, 9.17) is 11.6 Å². The van der Waals surface area contributed by atoms with Crippen molar-refractivity contribution in [2.75, 3.05) is 18.8 Å². The Kier molecular flexibility index (Phi) is 3.31. The fourth-order valence-electron chi connectivity index (χ4n) is 1.57. The van der Waals surface area contributed by atoms with Crippen molar-refractivity contribution in [2.24, 2.45) is 0 Å². The van der Waals surface area contributed by atoms with Gasteiger partial charge in [-0.1, -0.05) is 17.7 Å². The standard InChI is InChI=1S/C10H11ClFNS/c11-7-2-1-3-8(12)10(7)9-6-13-4-5-14-9/h1-3,9,13H,4-6H2. The first kappa shape index (κ1) is 10.3. The molecule has 0 saturated carbocycles. The molecule has 76 valence electrons. The van der Waals surface area contributed by atoms with Crippen LogP contribution in [0, 0.1) is 5.82 Å². The summed E-state index contributed by atoms with van der Waals surface area (Å²) in [4.78, 5) is 0. The minimum Gasteiger partial charge on any atom is -0.314 e. The van der Waals surface area contributed by atoms with Crippen LogP contribution in [0.25, 0.3) is 0 Å². The first-order valence-corrected chi connectivity index (χ1v) is 5.98. The molecule has 0 spiro atoms. The average molecular weight is 232 g/mol. The molecule has 1 unspecified atom stereocenters. The topological polar surface area (TPSA) is 12.0 Å². The van der Waals surface area contributed by atoms with Crippen LogP contribution in [-0.2, 0) is 0 Å². The number of nitrogens with one attached hydrogen (secondary N) is 1. The molecule has 1 nitrogen and oxygen atoms in total. The van der Waals surface area contributed by atoms with Crippen LogP contribution in [0.4, 0.5) is 4.39 Å². The van der Waals surface area contributed by atoms with Gasteiger partial charge in [0.2, 0.25) is 0 Å². The molecule has 0 aliphatic carbocycles. The Morgan fingerprint density at radius 3 is 3.00 bits per heavy atom. The molecular weight excluding hydrogens is 221 g/mol. The van der Waals surface area contributed by atoms with Crippen molar-refractivity contribution in [1.82, 2.24) is 5.32 Å². The minimum atomic E-state index is -0.196. The van der Waals surface area contributed by atoms with Gasteiger partial charge in [0.25, 0.3) is 0 Å². The Morgan fingerprint density at radius 1 is 1.50 bits per heavy atom. The number of hydrogen-bond donors (Lipinski definition) is 1. The van der Waals surface area contributed by atoms with Crippen LogP contribution in [0.15, 0.2) is 18.2 Å². The van der Waals surface area contributed by atoms with Gasteiger partial charge in [-0.3, -0.25) is 0 Å². The first-order chi connectivity index (χ1) is 6.79. The smallest absolute Gasteiger partial charge is 0.129 e. The second-order valence-corrected chi connectivity index (χ2v) is 4.92. The Bertz CT molecular complexity index is 306. The van der Waals surface area contributed by atoms with Crippen LogP contribution in [0.3, 0.4) is 0 Å². The molecule has 2 rings (SSSR count). The van der Waals surface area contributed by atoms with Crippen molar-refractivity contribution in [3.63, 3.8) is 0 Å². The molecule has 0 amide bonds. The highest BCUT2D eigenvalue weighted by atomic mass is 35.5. The molecule has 1 aromatic rings. The predicted octanol–water partition coefficient (Wildman–Crippen LogP) is 2.86. The number of thioether (sulfide) groups is 1.